The monoisotopic (exact) mass is 234 g/mol. The predicted molar refractivity (Wildman–Crippen MR) is 66.8 cm³/mol. The number of anilines is 1. The van der Waals surface area contributed by atoms with Crippen LogP contribution < -0.4 is 10.6 Å². The Morgan fingerprint density at radius 2 is 2.06 bits per heavy atom. The summed E-state index contributed by atoms with van der Waals surface area (Å²) in [5.74, 6) is 0.333. The molecular formula is C13H18N2O2. The molecule has 0 aliphatic heterocycles. The van der Waals surface area contributed by atoms with Crippen molar-refractivity contribution in [2.75, 3.05) is 11.9 Å². The third-order valence-electron chi connectivity index (χ3n) is 3.10. The third kappa shape index (κ3) is 3.46. The molecule has 2 amide bonds. The maximum atomic E-state index is 11.6. The molecule has 4 nitrogen and oxygen atoms in total. The molecule has 3 N–H and O–H groups in total. The van der Waals surface area contributed by atoms with E-state index >= 15 is 0 Å². The maximum absolute atomic E-state index is 11.6. The van der Waals surface area contributed by atoms with Crippen LogP contribution in [0.3, 0.4) is 0 Å². The van der Waals surface area contributed by atoms with E-state index in [1.807, 2.05) is 30.3 Å². The van der Waals surface area contributed by atoms with Gasteiger partial charge >= 0.3 is 6.03 Å². The molecule has 1 atom stereocenters. The number of amides is 2. The molecule has 1 saturated carbocycles. The average molecular weight is 234 g/mol. The van der Waals surface area contributed by atoms with E-state index in [1.54, 1.807) is 6.92 Å². The Balaban J connectivity index is 1.78. The number of para-hydroxylation sites is 1. The van der Waals surface area contributed by atoms with Crippen molar-refractivity contribution in [1.82, 2.24) is 5.32 Å². The van der Waals surface area contributed by atoms with Gasteiger partial charge in [0.25, 0.3) is 0 Å². The quantitative estimate of drug-likeness (QED) is 0.746. The fourth-order valence-corrected chi connectivity index (χ4v) is 1.81. The summed E-state index contributed by atoms with van der Waals surface area (Å²) in [7, 11) is 0. The Morgan fingerprint density at radius 1 is 1.41 bits per heavy atom. The second kappa shape index (κ2) is 4.75. The van der Waals surface area contributed by atoms with Crippen molar-refractivity contribution in [1.29, 1.82) is 0 Å². The molecule has 1 aliphatic carbocycles. The molecule has 0 saturated heterocycles. The molecule has 4 heteroatoms. The van der Waals surface area contributed by atoms with Gasteiger partial charge in [-0.25, -0.2) is 4.79 Å². The van der Waals surface area contributed by atoms with E-state index in [1.165, 1.54) is 0 Å². The number of hydrogen-bond donors (Lipinski definition) is 3. The largest absolute Gasteiger partial charge is 0.388 e. The molecule has 0 spiro atoms. The SMILES string of the molecule is C[C@@](O)(CNC(=O)Nc1ccccc1)C1CC1. The first-order valence-corrected chi connectivity index (χ1v) is 5.90. The van der Waals surface area contributed by atoms with Crippen LogP contribution in [0, 0.1) is 5.92 Å². The van der Waals surface area contributed by atoms with Gasteiger partial charge < -0.3 is 15.7 Å². The van der Waals surface area contributed by atoms with E-state index < -0.39 is 5.60 Å². The number of carbonyl (C=O) groups is 1. The summed E-state index contributed by atoms with van der Waals surface area (Å²) in [6, 6.07) is 8.96. The van der Waals surface area contributed by atoms with Crippen molar-refractivity contribution in [2.45, 2.75) is 25.4 Å². The molecule has 0 unspecified atom stereocenters. The lowest BCUT2D eigenvalue weighted by Crippen LogP contribution is -2.43. The fraction of sp³-hybridized carbons (Fsp3) is 0.462. The lowest BCUT2D eigenvalue weighted by atomic mass is 10.0. The minimum absolute atomic E-state index is 0.280. The lowest BCUT2D eigenvalue weighted by molar-refractivity contribution is 0.0398. The summed E-state index contributed by atoms with van der Waals surface area (Å²) in [4.78, 5) is 11.6. The Hall–Kier alpha value is -1.55. The summed E-state index contributed by atoms with van der Waals surface area (Å²) in [5.41, 5.74) is -0.0373. The number of nitrogens with one attached hydrogen (secondary N) is 2. The normalized spacial score (nSPS) is 18.2. The lowest BCUT2D eigenvalue weighted by Gasteiger charge is -2.23. The van der Waals surface area contributed by atoms with E-state index in [2.05, 4.69) is 10.6 Å². The standard InChI is InChI=1S/C13H18N2O2/c1-13(17,10-7-8-10)9-14-12(16)15-11-5-3-2-4-6-11/h2-6,10,17H,7-9H2,1H3,(H2,14,15,16)/t13-/m1/s1. The summed E-state index contributed by atoms with van der Waals surface area (Å²) >= 11 is 0. The van der Waals surface area contributed by atoms with E-state index in [9.17, 15) is 9.90 Å². The van der Waals surface area contributed by atoms with E-state index in [0.29, 0.717) is 5.92 Å². The van der Waals surface area contributed by atoms with Crippen molar-refractivity contribution >= 4 is 11.7 Å². The second-order valence-corrected chi connectivity index (χ2v) is 4.81. The molecular weight excluding hydrogens is 216 g/mol. The third-order valence-corrected chi connectivity index (χ3v) is 3.10. The molecule has 17 heavy (non-hydrogen) atoms. The Labute approximate surface area is 101 Å². The van der Waals surface area contributed by atoms with Gasteiger partial charge in [-0.15, -0.1) is 0 Å². The predicted octanol–water partition coefficient (Wildman–Crippen LogP) is 1.97. The van der Waals surface area contributed by atoms with E-state index in [4.69, 9.17) is 0 Å². The van der Waals surface area contributed by atoms with Crippen LogP contribution in [0.4, 0.5) is 10.5 Å². The average Bonchev–Trinajstić information content (AvgIpc) is 3.12. The molecule has 0 bridgehead atoms. The number of aliphatic hydroxyl groups is 1. The second-order valence-electron chi connectivity index (χ2n) is 4.81. The Bertz CT molecular complexity index is 386. The molecule has 1 aromatic rings. The summed E-state index contributed by atoms with van der Waals surface area (Å²) in [6.45, 7) is 2.06. The van der Waals surface area contributed by atoms with E-state index in [-0.39, 0.29) is 12.6 Å². The molecule has 1 aromatic carbocycles. The first-order valence-electron chi connectivity index (χ1n) is 5.90. The van der Waals surface area contributed by atoms with Crippen molar-refractivity contribution in [2.24, 2.45) is 5.92 Å². The Kier molecular flexibility index (Phi) is 3.33. The van der Waals surface area contributed by atoms with Crippen LogP contribution in [0.25, 0.3) is 0 Å². The van der Waals surface area contributed by atoms with Crippen LogP contribution in [0.15, 0.2) is 30.3 Å². The van der Waals surface area contributed by atoms with Gasteiger partial charge in [0.2, 0.25) is 0 Å². The topological polar surface area (TPSA) is 61.4 Å². The van der Waals surface area contributed by atoms with Crippen molar-refractivity contribution in [3.05, 3.63) is 30.3 Å². The minimum atomic E-state index is -0.784. The van der Waals surface area contributed by atoms with Crippen molar-refractivity contribution < 1.29 is 9.90 Å². The van der Waals surface area contributed by atoms with Crippen LogP contribution >= 0.6 is 0 Å². The molecule has 1 aliphatic rings. The molecule has 2 rings (SSSR count). The smallest absolute Gasteiger partial charge is 0.319 e. The van der Waals surface area contributed by atoms with Crippen LogP contribution in [-0.2, 0) is 0 Å². The van der Waals surface area contributed by atoms with Gasteiger partial charge in [-0.3, -0.25) is 0 Å². The Morgan fingerprint density at radius 3 is 2.65 bits per heavy atom. The van der Waals surface area contributed by atoms with Gasteiger partial charge in [0, 0.05) is 12.2 Å². The summed E-state index contributed by atoms with van der Waals surface area (Å²) < 4.78 is 0. The highest BCUT2D eigenvalue weighted by molar-refractivity contribution is 5.89. The van der Waals surface area contributed by atoms with Crippen molar-refractivity contribution in [3.8, 4) is 0 Å². The highest BCUT2D eigenvalue weighted by Gasteiger charge is 2.39. The summed E-state index contributed by atoms with van der Waals surface area (Å²) in [5, 5.41) is 15.4. The minimum Gasteiger partial charge on any atom is -0.388 e. The zero-order valence-corrected chi connectivity index (χ0v) is 9.94. The van der Waals surface area contributed by atoms with Gasteiger partial charge in [-0.2, -0.15) is 0 Å². The highest BCUT2D eigenvalue weighted by atomic mass is 16.3. The van der Waals surface area contributed by atoms with Gasteiger partial charge in [0.15, 0.2) is 0 Å². The van der Waals surface area contributed by atoms with Crippen LogP contribution in [-0.4, -0.2) is 23.3 Å². The number of urea groups is 1. The van der Waals surface area contributed by atoms with Crippen molar-refractivity contribution in [3.63, 3.8) is 0 Å². The zero-order valence-electron chi connectivity index (χ0n) is 9.94. The van der Waals surface area contributed by atoms with Gasteiger partial charge in [0.1, 0.15) is 0 Å². The summed E-state index contributed by atoms with van der Waals surface area (Å²) in [6.07, 6.45) is 2.10. The molecule has 1 fully saturated rings. The van der Waals surface area contributed by atoms with Crippen LogP contribution in [0.2, 0.25) is 0 Å². The molecule has 92 valence electrons. The van der Waals surface area contributed by atoms with Gasteiger partial charge in [-0.1, -0.05) is 18.2 Å². The molecule has 0 radical (unpaired) electrons. The van der Waals surface area contributed by atoms with Gasteiger partial charge in [0.05, 0.1) is 5.60 Å². The number of benzene rings is 1. The molecule has 0 aromatic heterocycles. The number of rotatable bonds is 4. The van der Waals surface area contributed by atoms with Crippen LogP contribution in [0.1, 0.15) is 19.8 Å². The highest BCUT2D eigenvalue weighted by Crippen LogP contribution is 2.38. The first-order chi connectivity index (χ1) is 8.08. The first kappa shape index (κ1) is 11.9. The maximum Gasteiger partial charge on any atom is 0.319 e. The fourth-order valence-electron chi connectivity index (χ4n) is 1.81. The molecule has 0 heterocycles. The van der Waals surface area contributed by atoms with Crippen LogP contribution in [0.5, 0.6) is 0 Å². The number of hydrogen-bond acceptors (Lipinski definition) is 2. The van der Waals surface area contributed by atoms with Gasteiger partial charge in [-0.05, 0) is 37.8 Å². The zero-order chi connectivity index (χ0) is 12.3. The number of carbonyl (C=O) groups excluding carboxylic acids is 1. The van der Waals surface area contributed by atoms with E-state index in [0.717, 1.165) is 18.5 Å².